The molecule has 0 fully saturated rings. The van der Waals surface area contributed by atoms with Crippen LogP contribution in [0.5, 0.6) is 0 Å². The molecule has 0 rings (SSSR count). The van der Waals surface area contributed by atoms with Gasteiger partial charge in [0, 0.05) is 31.3 Å². The Bertz CT molecular complexity index is 121. The summed E-state index contributed by atoms with van der Waals surface area (Å²) in [7, 11) is 0. The van der Waals surface area contributed by atoms with Gasteiger partial charge in [0.15, 0.2) is 0 Å². The standard InChI is InChI=1S/C10H24N2O/c1-9(5-8-13)11-6-7-12-10(2,3)4/h9,11-13H,5-8H2,1-4H3. The van der Waals surface area contributed by atoms with Crippen LogP contribution in [-0.2, 0) is 0 Å². The molecular formula is C10H24N2O. The zero-order valence-corrected chi connectivity index (χ0v) is 9.35. The van der Waals surface area contributed by atoms with Gasteiger partial charge in [-0.25, -0.2) is 0 Å². The number of rotatable bonds is 6. The van der Waals surface area contributed by atoms with Crippen molar-refractivity contribution in [1.82, 2.24) is 10.6 Å². The maximum atomic E-state index is 8.67. The molecule has 0 aliphatic rings. The molecular weight excluding hydrogens is 164 g/mol. The molecule has 0 spiro atoms. The van der Waals surface area contributed by atoms with Crippen molar-refractivity contribution < 1.29 is 5.11 Å². The first-order valence-electron chi connectivity index (χ1n) is 5.05. The second-order valence-corrected chi connectivity index (χ2v) is 4.54. The largest absolute Gasteiger partial charge is 0.396 e. The number of nitrogens with one attached hydrogen (secondary N) is 2. The van der Waals surface area contributed by atoms with Gasteiger partial charge in [-0.1, -0.05) is 0 Å². The molecule has 3 nitrogen and oxygen atoms in total. The van der Waals surface area contributed by atoms with Crippen molar-refractivity contribution in [1.29, 1.82) is 0 Å². The van der Waals surface area contributed by atoms with Crippen LogP contribution >= 0.6 is 0 Å². The Labute approximate surface area is 81.9 Å². The molecule has 1 atom stereocenters. The zero-order valence-electron chi connectivity index (χ0n) is 9.35. The van der Waals surface area contributed by atoms with Crippen molar-refractivity contribution in [3.63, 3.8) is 0 Å². The predicted octanol–water partition coefficient (Wildman–Crippen LogP) is 0.735. The summed E-state index contributed by atoms with van der Waals surface area (Å²) in [6.45, 7) is 10.8. The molecule has 0 aromatic heterocycles. The summed E-state index contributed by atoms with van der Waals surface area (Å²) in [5.41, 5.74) is 0.196. The molecule has 0 amide bonds. The van der Waals surface area contributed by atoms with Gasteiger partial charge < -0.3 is 15.7 Å². The molecule has 0 aromatic carbocycles. The number of hydrogen-bond donors (Lipinski definition) is 3. The van der Waals surface area contributed by atoms with E-state index < -0.39 is 0 Å². The quantitative estimate of drug-likeness (QED) is 0.539. The molecule has 0 radical (unpaired) electrons. The van der Waals surface area contributed by atoms with Crippen LogP contribution in [0.15, 0.2) is 0 Å². The molecule has 3 heteroatoms. The lowest BCUT2D eigenvalue weighted by Crippen LogP contribution is -2.41. The Hall–Kier alpha value is -0.120. The zero-order chi connectivity index (χ0) is 10.3. The Kier molecular flexibility index (Phi) is 6.29. The molecule has 0 aliphatic carbocycles. The van der Waals surface area contributed by atoms with Crippen molar-refractivity contribution in [2.45, 2.75) is 45.7 Å². The maximum absolute atomic E-state index is 8.67. The average Bonchev–Trinajstić information content (AvgIpc) is 1.97. The predicted molar refractivity (Wildman–Crippen MR) is 56.9 cm³/mol. The van der Waals surface area contributed by atoms with Crippen molar-refractivity contribution in [2.75, 3.05) is 19.7 Å². The lowest BCUT2D eigenvalue weighted by Gasteiger charge is -2.21. The van der Waals surface area contributed by atoms with Crippen molar-refractivity contribution in [2.24, 2.45) is 0 Å². The van der Waals surface area contributed by atoms with Crippen LogP contribution in [0.25, 0.3) is 0 Å². The maximum Gasteiger partial charge on any atom is 0.0445 e. The number of aliphatic hydroxyl groups excluding tert-OH is 1. The third-order valence-corrected chi connectivity index (χ3v) is 1.84. The van der Waals surface area contributed by atoms with E-state index in [0.717, 1.165) is 19.5 Å². The fraction of sp³-hybridized carbons (Fsp3) is 1.00. The molecule has 0 bridgehead atoms. The first-order chi connectivity index (χ1) is 5.95. The topological polar surface area (TPSA) is 44.3 Å². The average molecular weight is 188 g/mol. The van der Waals surface area contributed by atoms with E-state index in [1.165, 1.54) is 0 Å². The van der Waals surface area contributed by atoms with Crippen LogP contribution < -0.4 is 10.6 Å². The Morgan fingerprint density at radius 1 is 1.23 bits per heavy atom. The van der Waals surface area contributed by atoms with Crippen LogP contribution in [-0.4, -0.2) is 36.4 Å². The highest BCUT2D eigenvalue weighted by Crippen LogP contribution is 1.96. The van der Waals surface area contributed by atoms with E-state index in [1.54, 1.807) is 0 Å². The van der Waals surface area contributed by atoms with Gasteiger partial charge in [-0.2, -0.15) is 0 Å². The van der Waals surface area contributed by atoms with Gasteiger partial charge in [0.05, 0.1) is 0 Å². The number of hydrogen-bond acceptors (Lipinski definition) is 3. The van der Waals surface area contributed by atoms with Gasteiger partial charge >= 0.3 is 0 Å². The minimum absolute atomic E-state index is 0.196. The van der Waals surface area contributed by atoms with E-state index in [1.807, 2.05) is 0 Å². The molecule has 0 aliphatic heterocycles. The minimum atomic E-state index is 0.196. The van der Waals surface area contributed by atoms with E-state index in [4.69, 9.17) is 5.11 Å². The summed E-state index contributed by atoms with van der Waals surface area (Å²) in [4.78, 5) is 0. The summed E-state index contributed by atoms with van der Waals surface area (Å²) < 4.78 is 0. The van der Waals surface area contributed by atoms with Gasteiger partial charge in [0.25, 0.3) is 0 Å². The lowest BCUT2D eigenvalue weighted by molar-refractivity contribution is 0.268. The highest BCUT2D eigenvalue weighted by atomic mass is 16.3. The van der Waals surface area contributed by atoms with E-state index in [2.05, 4.69) is 38.3 Å². The number of aliphatic hydroxyl groups is 1. The first-order valence-corrected chi connectivity index (χ1v) is 5.05. The van der Waals surface area contributed by atoms with E-state index in [0.29, 0.717) is 6.04 Å². The Balaban J connectivity index is 3.25. The molecule has 0 saturated carbocycles. The fourth-order valence-corrected chi connectivity index (χ4v) is 1.05. The molecule has 80 valence electrons. The van der Waals surface area contributed by atoms with Crippen molar-refractivity contribution >= 4 is 0 Å². The second kappa shape index (κ2) is 6.35. The lowest BCUT2D eigenvalue weighted by atomic mass is 10.1. The molecule has 0 heterocycles. The van der Waals surface area contributed by atoms with Gasteiger partial charge in [-0.3, -0.25) is 0 Å². The normalized spacial score (nSPS) is 14.5. The van der Waals surface area contributed by atoms with Crippen LogP contribution in [0.1, 0.15) is 34.1 Å². The first kappa shape index (κ1) is 12.9. The summed E-state index contributed by atoms with van der Waals surface area (Å²) >= 11 is 0. The van der Waals surface area contributed by atoms with Gasteiger partial charge in [0.1, 0.15) is 0 Å². The monoisotopic (exact) mass is 188 g/mol. The molecule has 1 unspecified atom stereocenters. The highest BCUT2D eigenvalue weighted by molar-refractivity contribution is 4.71. The fourth-order valence-electron chi connectivity index (χ4n) is 1.05. The van der Waals surface area contributed by atoms with Crippen LogP contribution in [0.4, 0.5) is 0 Å². The van der Waals surface area contributed by atoms with Crippen LogP contribution in [0.3, 0.4) is 0 Å². The van der Waals surface area contributed by atoms with E-state index in [9.17, 15) is 0 Å². The molecule has 0 saturated heterocycles. The van der Waals surface area contributed by atoms with Gasteiger partial charge in [-0.05, 0) is 34.1 Å². The van der Waals surface area contributed by atoms with E-state index in [-0.39, 0.29) is 12.1 Å². The second-order valence-electron chi connectivity index (χ2n) is 4.54. The van der Waals surface area contributed by atoms with Gasteiger partial charge in [-0.15, -0.1) is 0 Å². The summed E-state index contributed by atoms with van der Waals surface area (Å²) in [5, 5.41) is 15.4. The van der Waals surface area contributed by atoms with Crippen LogP contribution in [0.2, 0.25) is 0 Å². The Morgan fingerprint density at radius 2 is 1.85 bits per heavy atom. The summed E-state index contributed by atoms with van der Waals surface area (Å²) in [6, 6.07) is 0.409. The smallest absolute Gasteiger partial charge is 0.0445 e. The Morgan fingerprint density at radius 3 is 2.31 bits per heavy atom. The summed E-state index contributed by atoms with van der Waals surface area (Å²) in [5.74, 6) is 0. The minimum Gasteiger partial charge on any atom is -0.396 e. The molecule has 0 aromatic rings. The third-order valence-electron chi connectivity index (χ3n) is 1.84. The molecule has 13 heavy (non-hydrogen) atoms. The summed E-state index contributed by atoms with van der Waals surface area (Å²) in [6.07, 6.45) is 0.829. The molecule has 3 N–H and O–H groups in total. The third kappa shape index (κ3) is 9.80. The SMILES string of the molecule is CC(CCO)NCCNC(C)(C)C. The highest BCUT2D eigenvalue weighted by Gasteiger charge is 2.07. The van der Waals surface area contributed by atoms with Crippen LogP contribution in [0, 0.1) is 0 Å². The van der Waals surface area contributed by atoms with Gasteiger partial charge in [0.2, 0.25) is 0 Å². The van der Waals surface area contributed by atoms with Crippen molar-refractivity contribution in [3.05, 3.63) is 0 Å². The van der Waals surface area contributed by atoms with E-state index >= 15 is 0 Å². The van der Waals surface area contributed by atoms with Crippen molar-refractivity contribution in [3.8, 4) is 0 Å².